The fraction of sp³-hybridized carbons (Fsp3) is 0.429. The summed E-state index contributed by atoms with van der Waals surface area (Å²) in [4.78, 5) is 21.5. The van der Waals surface area contributed by atoms with Gasteiger partial charge < -0.3 is 0 Å². The molecule has 4 heteroatoms. The van der Waals surface area contributed by atoms with Crippen molar-refractivity contribution in [3.63, 3.8) is 0 Å². The molecule has 4 nitrogen and oxygen atoms in total. The van der Waals surface area contributed by atoms with Crippen LogP contribution in [0.1, 0.15) is 50.7 Å². The van der Waals surface area contributed by atoms with E-state index in [-0.39, 0.29) is 11.8 Å². The van der Waals surface area contributed by atoms with E-state index in [1.54, 1.807) is 6.20 Å². The van der Waals surface area contributed by atoms with Gasteiger partial charge in [0.25, 0.3) is 0 Å². The molecule has 3 unspecified atom stereocenters. The van der Waals surface area contributed by atoms with E-state index in [2.05, 4.69) is 24.1 Å². The maximum Gasteiger partial charge on any atom is 0.136 e. The van der Waals surface area contributed by atoms with Crippen molar-refractivity contribution in [2.75, 3.05) is 0 Å². The van der Waals surface area contributed by atoms with Crippen molar-refractivity contribution in [3.8, 4) is 0 Å². The molecule has 2 aromatic rings. The predicted octanol–water partition coefficient (Wildman–Crippen LogP) is 5.11. The minimum atomic E-state index is -0.466. The lowest BCUT2D eigenvalue weighted by Crippen LogP contribution is -2.18. The Labute approximate surface area is 148 Å². The first-order valence-corrected chi connectivity index (χ1v) is 9.06. The van der Waals surface area contributed by atoms with E-state index >= 15 is 0 Å². The number of ketones is 1. The fourth-order valence-corrected chi connectivity index (χ4v) is 3.88. The van der Waals surface area contributed by atoms with Crippen LogP contribution in [0.4, 0.5) is 0 Å². The Morgan fingerprint density at radius 3 is 2.96 bits per heavy atom. The quantitative estimate of drug-likeness (QED) is 0.433. The molecule has 25 heavy (non-hydrogen) atoms. The van der Waals surface area contributed by atoms with Crippen molar-refractivity contribution in [2.45, 2.75) is 45.1 Å². The van der Waals surface area contributed by atoms with Crippen LogP contribution < -0.4 is 0 Å². The number of para-hydroxylation sites is 1. The third-order valence-corrected chi connectivity index (χ3v) is 5.19. The lowest BCUT2D eigenvalue weighted by Gasteiger charge is -2.22. The summed E-state index contributed by atoms with van der Waals surface area (Å²) in [7, 11) is 0. The summed E-state index contributed by atoms with van der Waals surface area (Å²) in [6, 6.07) is 9.79. The highest BCUT2D eigenvalue weighted by Gasteiger charge is 2.36. The number of hydrogen-bond donors (Lipinski definition) is 1. The first-order valence-electron chi connectivity index (χ1n) is 9.06. The lowest BCUT2D eigenvalue weighted by molar-refractivity contribution is -0.285. The minimum Gasteiger partial charge on any atom is -0.299 e. The van der Waals surface area contributed by atoms with Crippen molar-refractivity contribution >= 4 is 16.7 Å². The van der Waals surface area contributed by atoms with Crippen molar-refractivity contribution in [2.24, 2.45) is 11.8 Å². The predicted molar refractivity (Wildman–Crippen MR) is 98.1 cm³/mol. The number of benzene rings is 1. The normalized spacial score (nSPS) is 22.1. The highest BCUT2D eigenvalue weighted by molar-refractivity contribution is 5.84. The first kappa shape index (κ1) is 17.8. The Morgan fingerprint density at radius 2 is 2.16 bits per heavy atom. The molecule has 1 aliphatic rings. The van der Waals surface area contributed by atoms with Gasteiger partial charge in [0, 0.05) is 29.5 Å². The maximum atomic E-state index is 12.2. The number of rotatable bonds is 7. The molecule has 1 aliphatic carbocycles. The van der Waals surface area contributed by atoms with Crippen LogP contribution in [-0.4, -0.2) is 16.0 Å². The van der Waals surface area contributed by atoms with E-state index in [4.69, 9.17) is 4.89 Å². The summed E-state index contributed by atoms with van der Waals surface area (Å²) in [6.45, 7) is 2.09. The number of Topliss-reactive ketones (excluding diaryl/α,β-unsaturated/α-hetero) is 1. The number of carbonyl (C=O) groups is 1. The molecule has 0 amide bonds. The molecule has 132 valence electrons. The van der Waals surface area contributed by atoms with Gasteiger partial charge in [-0.25, -0.2) is 4.89 Å². The van der Waals surface area contributed by atoms with Gasteiger partial charge in [0.2, 0.25) is 0 Å². The highest BCUT2D eigenvalue weighted by Crippen LogP contribution is 2.39. The van der Waals surface area contributed by atoms with Crippen molar-refractivity contribution in [1.29, 1.82) is 0 Å². The zero-order chi connectivity index (χ0) is 17.6. The summed E-state index contributed by atoms with van der Waals surface area (Å²) < 4.78 is 0. The topological polar surface area (TPSA) is 59.4 Å². The van der Waals surface area contributed by atoms with Crippen molar-refractivity contribution in [1.82, 2.24) is 4.98 Å². The molecule has 1 heterocycles. The Hall–Kier alpha value is -2.04. The summed E-state index contributed by atoms with van der Waals surface area (Å²) in [6.07, 6.45) is 9.38. The Bertz CT molecular complexity index is 750. The van der Waals surface area contributed by atoms with E-state index in [1.807, 2.05) is 30.3 Å². The van der Waals surface area contributed by atoms with Gasteiger partial charge >= 0.3 is 0 Å². The summed E-state index contributed by atoms with van der Waals surface area (Å²) in [5.74, 6) is 0.590. The average Bonchev–Trinajstić information content (AvgIpc) is 2.99. The monoisotopic (exact) mass is 339 g/mol. The summed E-state index contributed by atoms with van der Waals surface area (Å²) in [5.41, 5.74) is 1.72. The summed E-state index contributed by atoms with van der Waals surface area (Å²) >= 11 is 0. The van der Waals surface area contributed by atoms with Crippen LogP contribution in [-0.2, 0) is 9.68 Å². The standard InChI is InChI=1S/C21H25NO3/c1-2-3-4-9-17-16(11-12-19(17)23)14-20(25-24)18-10-5-7-15-8-6-13-22-21(15)18/h3-8,10,13,16-17,20,24H,2,9,11-12,14H2,1H3/b4-3-. The largest absolute Gasteiger partial charge is 0.299 e. The zero-order valence-corrected chi connectivity index (χ0v) is 14.6. The van der Waals surface area contributed by atoms with Crippen LogP contribution in [0.3, 0.4) is 0 Å². The van der Waals surface area contributed by atoms with Crippen molar-refractivity contribution < 1.29 is 14.9 Å². The first-order chi connectivity index (χ1) is 12.2. The van der Waals surface area contributed by atoms with Crippen LogP contribution in [0.15, 0.2) is 48.7 Å². The van der Waals surface area contributed by atoms with Crippen LogP contribution in [0.5, 0.6) is 0 Å². The molecule has 0 aliphatic heterocycles. The van der Waals surface area contributed by atoms with Gasteiger partial charge in [-0.05, 0) is 37.7 Å². The van der Waals surface area contributed by atoms with Crippen LogP contribution in [0, 0.1) is 11.8 Å². The Kier molecular flexibility index (Phi) is 5.95. The number of aromatic nitrogens is 1. The second kappa shape index (κ2) is 8.37. The molecular formula is C21H25NO3. The van der Waals surface area contributed by atoms with Gasteiger partial charge in [0.15, 0.2) is 0 Å². The zero-order valence-electron chi connectivity index (χ0n) is 14.6. The van der Waals surface area contributed by atoms with Crippen LogP contribution in [0.2, 0.25) is 0 Å². The number of allylic oxidation sites excluding steroid dienone is 2. The molecule has 3 rings (SSSR count). The smallest absolute Gasteiger partial charge is 0.136 e. The van der Waals surface area contributed by atoms with Crippen LogP contribution in [0.25, 0.3) is 10.9 Å². The van der Waals surface area contributed by atoms with Gasteiger partial charge in [-0.2, -0.15) is 0 Å². The molecule has 1 N–H and O–H groups in total. The molecule has 1 aromatic heterocycles. The Morgan fingerprint density at radius 1 is 1.32 bits per heavy atom. The molecule has 0 bridgehead atoms. The number of pyridine rings is 1. The van der Waals surface area contributed by atoms with Gasteiger partial charge in [0.05, 0.1) is 5.52 Å². The highest BCUT2D eigenvalue weighted by atomic mass is 17.1. The lowest BCUT2D eigenvalue weighted by atomic mass is 9.85. The molecule has 1 saturated carbocycles. The van der Waals surface area contributed by atoms with Crippen LogP contribution >= 0.6 is 0 Å². The molecule has 0 saturated heterocycles. The Balaban J connectivity index is 1.81. The number of carbonyl (C=O) groups excluding carboxylic acids is 1. The molecular weight excluding hydrogens is 314 g/mol. The van der Waals surface area contributed by atoms with E-state index in [0.29, 0.717) is 18.6 Å². The van der Waals surface area contributed by atoms with Crippen molar-refractivity contribution in [3.05, 3.63) is 54.2 Å². The van der Waals surface area contributed by atoms with E-state index < -0.39 is 6.10 Å². The van der Waals surface area contributed by atoms with Gasteiger partial charge in [-0.1, -0.05) is 43.3 Å². The van der Waals surface area contributed by atoms with Gasteiger partial charge in [-0.15, -0.1) is 0 Å². The fourth-order valence-electron chi connectivity index (χ4n) is 3.88. The number of hydrogen-bond acceptors (Lipinski definition) is 4. The summed E-state index contributed by atoms with van der Waals surface area (Å²) in [5, 5.41) is 10.6. The van der Waals surface area contributed by atoms with E-state index in [1.165, 1.54) is 0 Å². The van der Waals surface area contributed by atoms with Gasteiger partial charge in [0.1, 0.15) is 11.9 Å². The number of fused-ring (bicyclic) bond motifs is 1. The third-order valence-electron chi connectivity index (χ3n) is 5.19. The molecule has 1 fully saturated rings. The second-order valence-electron chi connectivity index (χ2n) is 6.74. The second-order valence-corrected chi connectivity index (χ2v) is 6.74. The van der Waals surface area contributed by atoms with E-state index in [9.17, 15) is 10.1 Å². The maximum absolute atomic E-state index is 12.2. The number of nitrogens with zero attached hydrogens (tertiary/aromatic N) is 1. The third kappa shape index (κ3) is 3.97. The van der Waals surface area contributed by atoms with Gasteiger partial charge in [-0.3, -0.25) is 15.0 Å². The molecule has 0 radical (unpaired) electrons. The molecule has 0 spiro atoms. The average molecular weight is 339 g/mol. The molecule has 1 aromatic carbocycles. The molecule has 3 atom stereocenters. The SMILES string of the molecule is CC/C=C\CC1C(=O)CCC1CC(OO)c1cccc2cccnc12. The minimum absolute atomic E-state index is 0.0309. The van der Waals surface area contributed by atoms with E-state index in [0.717, 1.165) is 35.7 Å².